The summed E-state index contributed by atoms with van der Waals surface area (Å²) in [5.41, 5.74) is 6.00. The van der Waals surface area contributed by atoms with E-state index in [0.29, 0.717) is 18.7 Å². The van der Waals surface area contributed by atoms with Crippen molar-refractivity contribution >= 4 is 23.2 Å². The normalized spacial score (nSPS) is 11.0. The van der Waals surface area contributed by atoms with Crippen LogP contribution in [-0.2, 0) is 19.4 Å². The molecule has 9 heteroatoms. The minimum Gasteiger partial charge on any atom is -0.364 e. The molecule has 2 N–H and O–H groups in total. The molecule has 0 atom stereocenters. The number of carbonyl (C=O) groups excluding carboxylic acids is 1. The van der Waals surface area contributed by atoms with Crippen LogP contribution >= 0.6 is 11.6 Å². The number of amides is 1. The molecule has 0 aliphatic rings. The van der Waals surface area contributed by atoms with E-state index in [1.807, 2.05) is 30.3 Å². The zero-order valence-corrected chi connectivity index (χ0v) is 13.5. The van der Waals surface area contributed by atoms with E-state index in [1.165, 1.54) is 4.40 Å². The molecular formula is C15H15ClN6O2. The molecule has 0 unspecified atom stereocenters. The number of aromatic nitrogens is 5. The molecule has 0 fully saturated rings. The van der Waals surface area contributed by atoms with Gasteiger partial charge in [0.05, 0.1) is 6.54 Å². The largest absolute Gasteiger partial charge is 0.364 e. The number of nitrogens with zero attached hydrogens (tertiary/aromatic N) is 5. The minimum atomic E-state index is -0.748. The van der Waals surface area contributed by atoms with Crippen LogP contribution in [0.3, 0.4) is 0 Å². The second kappa shape index (κ2) is 6.79. The Hall–Kier alpha value is -2.74. The highest BCUT2D eigenvalue weighted by atomic mass is 35.5. The summed E-state index contributed by atoms with van der Waals surface area (Å²) < 4.78 is 2.42. The van der Waals surface area contributed by atoms with E-state index in [-0.39, 0.29) is 23.8 Å². The first-order valence-corrected chi connectivity index (χ1v) is 7.90. The third kappa shape index (κ3) is 3.00. The quantitative estimate of drug-likeness (QED) is 0.650. The van der Waals surface area contributed by atoms with E-state index in [1.54, 1.807) is 0 Å². The molecule has 2 aromatic heterocycles. The highest BCUT2D eigenvalue weighted by Crippen LogP contribution is 2.10. The first-order valence-electron chi connectivity index (χ1n) is 7.36. The summed E-state index contributed by atoms with van der Waals surface area (Å²) in [4.78, 5) is 28.3. The Morgan fingerprint density at radius 1 is 1.21 bits per heavy atom. The molecule has 8 nitrogen and oxygen atoms in total. The summed E-state index contributed by atoms with van der Waals surface area (Å²) in [6.45, 7) is 0.214. The fourth-order valence-electron chi connectivity index (χ4n) is 2.45. The van der Waals surface area contributed by atoms with Crippen molar-refractivity contribution in [1.82, 2.24) is 24.4 Å². The summed E-state index contributed by atoms with van der Waals surface area (Å²) in [6, 6.07) is 9.77. The lowest BCUT2D eigenvalue weighted by atomic mass is 10.1. The van der Waals surface area contributed by atoms with Crippen LogP contribution in [0.1, 0.15) is 21.9 Å². The zero-order chi connectivity index (χ0) is 17.1. The Kier molecular flexibility index (Phi) is 4.57. The van der Waals surface area contributed by atoms with Gasteiger partial charge >= 0.3 is 5.69 Å². The van der Waals surface area contributed by atoms with Crippen LogP contribution in [0.5, 0.6) is 0 Å². The van der Waals surface area contributed by atoms with Gasteiger partial charge in [0.15, 0.2) is 11.3 Å². The van der Waals surface area contributed by atoms with Crippen LogP contribution in [0.4, 0.5) is 0 Å². The highest BCUT2D eigenvalue weighted by molar-refractivity contribution is 6.17. The maximum atomic E-state index is 12.6. The van der Waals surface area contributed by atoms with Gasteiger partial charge in [-0.1, -0.05) is 35.5 Å². The number of hydrogen-bond donors (Lipinski definition) is 1. The maximum Gasteiger partial charge on any atom is 0.353 e. The van der Waals surface area contributed by atoms with Gasteiger partial charge in [0.25, 0.3) is 5.91 Å². The topological polar surface area (TPSA) is 108 Å². The lowest BCUT2D eigenvalue weighted by Gasteiger charge is -2.04. The van der Waals surface area contributed by atoms with Crippen LogP contribution in [0, 0.1) is 0 Å². The molecule has 24 heavy (non-hydrogen) atoms. The third-order valence-electron chi connectivity index (χ3n) is 3.59. The van der Waals surface area contributed by atoms with Gasteiger partial charge in [0, 0.05) is 12.3 Å². The van der Waals surface area contributed by atoms with Gasteiger partial charge in [0.2, 0.25) is 0 Å². The van der Waals surface area contributed by atoms with Crippen molar-refractivity contribution in [3.63, 3.8) is 0 Å². The fourth-order valence-corrected chi connectivity index (χ4v) is 2.61. The fraction of sp³-hybridized carbons (Fsp3) is 0.267. The number of rotatable bonds is 6. The average Bonchev–Trinajstić information content (AvgIpc) is 2.96. The number of fused-ring (bicyclic) bond motifs is 1. The van der Waals surface area contributed by atoms with Crippen molar-refractivity contribution in [2.45, 2.75) is 19.4 Å². The first-order chi connectivity index (χ1) is 11.6. The molecule has 2 heterocycles. The summed E-state index contributed by atoms with van der Waals surface area (Å²) in [5, 5.41) is 7.68. The predicted molar refractivity (Wildman–Crippen MR) is 88.1 cm³/mol. The summed E-state index contributed by atoms with van der Waals surface area (Å²) in [5.74, 6) is -0.107. The SMILES string of the molecule is NC(=O)c1nc(CCc2ccccc2)n2c(=O)n(CCCl)nnc12. The van der Waals surface area contributed by atoms with Crippen LogP contribution in [0.2, 0.25) is 0 Å². The smallest absolute Gasteiger partial charge is 0.353 e. The number of imidazole rings is 1. The molecule has 0 saturated carbocycles. The molecule has 0 aliphatic carbocycles. The second-order valence-electron chi connectivity index (χ2n) is 5.17. The van der Waals surface area contributed by atoms with Crippen LogP contribution < -0.4 is 11.4 Å². The Morgan fingerprint density at radius 2 is 1.96 bits per heavy atom. The van der Waals surface area contributed by atoms with E-state index >= 15 is 0 Å². The number of hydrogen-bond acceptors (Lipinski definition) is 5. The van der Waals surface area contributed by atoms with Crippen LogP contribution in [0.25, 0.3) is 5.65 Å². The minimum absolute atomic E-state index is 0.0549. The number of nitrogens with two attached hydrogens (primary N) is 1. The van der Waals surface area contributed by atoms with E-state index in [2.05, 4.69) is 15.3 Å². The van der Waals surface area contributed by atoms with Crippen molar-refractivity contribution in [3.8, 4) is 0 Å². The Labute approximate surface area is 141 Å². The van der Waals surface area contributed by atoms with Crippen molar-refractivity contribution in [2.75, 3.05) is 5.88 Å². The zero-order valence-electron chi connectivity index (χ0n) is 12.7. The number of halogens is 1. The molecule has 0 bridgehead atoms. The van der Waals surface area contributed by atoms with Gasteiger partial charge in [-0.15, -0.1) is 16.7 Å². The monoisotopic (exact) mass is 346 g/mol. The van der Waals surface area contributed by atoms with Gasteiger partial charge < -0.3 is 5.73 Å². The van der Waals surface area contributed by atoms with E-state index in [0.717, 1.165) is 10.2 Å². The third-order valence-corrected chi connectivity index (χ3v) is 3.76. The number of carbonyl (C=O) groups is 1. The molecule has 0 spiro atoms. The maximum absolute atomic E-state index is 12.6. The standard InChI is InChI=1S/C15H15ClN6O2/c16-8-9-21-15(24)22-11(7-6-10-4-2-1-3-5-10)18-12(13(17)23)14(22)19-20-21/h1-5H,6-9H2,(H2,17,23). The number of alkyl halides is 1. The predicted octanol–water partition coefficient (Wildman–Crippen LogP) is 0.409. The average molecular weight is 347 g/mol. The molecule has 3 rings (SSSR count). The molecule has 3 aromatic rings. The molecule has 1 aromatic carbocycles. The van der Waals surface area contributed by atoms with Crippen molar-refractivity contribution in [2.24, 2.45) is 5.73 Å². The highest BCUT2D eigenvalue weighted by Gasteiger charge is 2.20. The van der Waals surface area contributed by atoms with E-state index in [9.17, 15) is 9.59 Å². The summed E-state index contributed by atoms with van der Waals surface area (Å²) in [6.07, 6.45) is 1.12. The first kappa shape index (κ1) is 16.1. The molecule has 124 valence electrons. The van der Waals surface area contributed by atoms with Crippen molar-refractivity contribution in [1.29, 1.82) is 0 Å². The molecular weight excluding hydrogens is 332 g/mol. The molecule has 1 amide bonds. The van der Waals surface area contributed by atoms with Gasteiger partial charge in [-0.25, -0.2) is 14.2 Å². The lowest BCUT2D eigenvalue weighted by molar-refractivity contribution is 0.0997. The van der Waals surface area contributed by atoms with Gasteiger partial charge in [-0.05, 0) is 12.0 Å². The van der Waals surface area contributed by atoms with E-state index < -0.39 is 11.6 Å². The summed E-state index contributed by atoms with van der Waals surface area (Å²) in [7, 11) is 0. The molecule has 0 saturated heterocycles. The van der Waals surface area contributed by atoms with Crippen LogP contribution in [0.15, 0.2) is 35.1 Å². The number of benzene rings is 1. The molecule has 0 aliphatic heterocycles. The lowest BCUT2D eigenvalue weighted by Crippen LogP contribution is -2.32. The summed E-state index contributed by atoms with van der Waals surface area (Å²) >= 11 is 5.67. The molecule has 0 radical (unpaired) electrons. The van der Waals surface area contributed by atoms with Gasteiger partial charge in [-0.2, -0.15) is 4.68 Å². The number of primary amides is 1. The van der Waals surface area contributed by atoms with Crippen LogP contribution in [-0.4, -0.2) is 36.2 Å². The Morgan fingerprint density at radius 3 is 2.62 bits per heavy atom. The van der Waals surface area contributed by atoms with Gasteiger partial charge in [-0.3, -0.25) is 4.79 Å². The Balaban J connectivity index is 2.06. The van der Waals surface area contributed by atoms with Gasteiger partial charge in [0.1, 0.15) is 5.82 Å². The Bertz CT molecular complexity index is 934. The van der Waals surface area contributed by atoms with Crippen molar-refractivity contribution in [3.05, 3.63) is 57.9 Å². The van der Waals surface area contributed by atoms with E-state index in [4.69, 9.17) is 17.3 Å². The second-order valence-corrected chi connectivity index (χ2v) is 5.55. The van der Waals surface area contributed by atoms with Crippen molar-refractivity contribution < 1.29 is 4.79 Å². The number of aryl methyl sites for hydroxylation is 3.